The molecule has 5 nitrogen and oxygen atoms in total. The molecular weight excluding hydrogens is 242 g/mol. The Hall–Kier alpha value is -2.30. The lowest BCUT2D eigenvalue weighted by molar-refractivity contribution is 0.102. The van der Waals surface area contributed by atoms with Gasteiger partial charge in [-0.1, -0.05) is 32.9 Å². The number of carbonyl (C=O) groups excluding carboxylic acids is 1. The lowest BCUT2D eigenvalue weighted by atomic mass is 9.92. The second-order valence-electron chi connectivity index (χ2n) is 5.39. The second-order valence-corrected chi connectivity index (χ2v) is 5.39. The minimum atomic E-state index is -0.384. The van der Waals surface area contributed by atoms with Crippen molar-refractivity contribution in [1.29, 1.82) is 0 Å². The maximum atomic E-state index is 12.0. The number of aromatic hydroxyl groups is 1. The number of benzene rings is 1. The highest BCUT2D eigenvalue weighted by molar-refractivity contribution is 6.05. The number of aromatic amines is 1. The van der Waals surface area contributed by atoms with E-state index in [9.17, 15) is 9.90 Å². The molecule has 0 aliphatic carbocycles. The van der Waals surface area contributed by atoms with E-state index in [0.717, 1.165) is 5.69 Å². The normalized spacial score (nSPS) is 11.3. The van der Waals surface area contributed by atoms with Gasteiger partial charge in [-0.05, 0) is 12.1 Å². The number of nitrogens with zero attached hydrogens (tertiary/aromatic N) is 1. The number of aromatic nitrogens is 2. The van der Waals surface area contributed by atoms with Crippen LogP contribution in [0.1, 0.15) is 36.8 Å². The van der Waals surface area contributed by atoms with Crippen molar-refractivity contribution in [3.63, 3.8) is 0 Å². The van der Waals surface area contributed by atoms with E-state index in [-0.39, 0.29) is 22.6 Å². The van der Waals surface area contributed by atoms with Crippen molar-refractivity contribution < 1.29 is 9.90 Å². The van der Waals surface area contributed by atoms with Crippen LogP contribution in [-0.2, 0) is 5.41 Å². The molecule has 0 saturated carbocycles. The number of anilines is 1. The lowest BCUT2D eigenvalue weighted by Gasteiger charge is -2.14. The fourth-order valence-corrected chi connectivity index (χ4v) is 1.62. The SMILES string of the molecule is CC(C)(C)c1cc(NC(=O)c2ccccc2O)n[nH]1. The summed E-state index contributed by atoms with van der Waals surface area (Å²) in [6.45, 7) is 6.15. The summed E-state index contributed by atoms with van der Waals surface area (Å²) in [7, 11) is 0. The average molecular weight is 259 g/mol. The van der Waals surface area contributed by atoms with Crippen LogP contribution in [0.15, 0.2) is 30.3 Å². The third kappa shape index (κ3) is 2.93. The predicted molar refractivity (Wildman–Crippen MR) is 73.3 cm³/mol. The van der Waals surface area contributed by atoms with Gasteiger partial charge >= 0.3 is 0 Å². The van der Waals surface area contributed by atoms with Crippen LogP contribution in [0.5, 0.6) is 5.75 Å². The fraction of sp³-hybridized carbons (Fsp3) is 0.286. The van der Waals surface area contributed by atoms with E-state index in [2.05, 4.69) is 36.3 Å². The fourth-order valence-electron chi connectivity index (χ4n) is 1.62. The Morgan fingerprint density at radius 1 is 1.32 bits per heavy atom. The van der Waals surface area contributed by atoms with Crippen LogP contribution in [0.3, 0.4) is 0 Å². The molecular formula is C14H17N3O2. The smallest absolute Gasteiger partial charge is 0.260 e. The second kappa shape index (κ2) is 4.76. The Kier molecular flexibility index (Phi) is 3.29. The van der Waals surface area contributed by atoms with Crippen molar-refractivity contribution in [3.05, 3.63) is 41.6 Å². The van der Waals surface area contributed by atoms with E-state index < -0.39 is 0 Å². The van der Waals surface area contributed by atoms with Crippen molar-refractivity contribution in [2.24, 2.45) is 0 Å². The van der Waals surface area contributed by atoms with E-state index in [0.29, 0.717) is 5.82 Å². The maximum Gasteiger partial charge on any atom is 0.260 e. The van der Waals surface area contributed by atoms with Crippen molar-refractivity contribution >= 4 is 11.7 Å². The average Bonchev–Trinajstić information content (AvgIpc) is 2.77. The molecule has 1 heterocycles. The summed E-state index contributed by atoms with van der Waals surface area (Å²) in [6, 6.07) is 8.18. The van der Waals surface area contributed by atoms with Crippen LogP contribution in [0.25, 0.3) is 0 Å². The van der Waals surface area contributed by atoms with Gasteiger partial charge in [0.25, 0.3) is 5.91 Å². The Morgan fingerprint density at radius 2 is 2.00 bits per heavy atom. The quantitative estimate of drug-likeness (QED) is 0.775. The molecule has 0 aliphatic heterocycles. The summed E-state index contributed by atoms with van der Waals surface area (Å²) < 4.78 is 0. The van der Waals surface area contributed by atoms with Crippen molar-refractivity contribution in [2.75, 3.05) is 5.32 Å². The molecule has 1 aromatic carbocycles. The Balaban J connectivity index is 2.16. The highest BCUT2D eigenvalue weighted by Crippen LogP contribution is 2.23. The van der Waals surface area contributed by atoms with E-state index in [4.69, 9.17) is 0 Å². The molecule has 0 unspecified atom stereocenters. The Bertz CT molecular complexity index is 597. The van der Waals surface area contributed by atoms with Gasteiger partial charge in [0.15, 0.2) is 5.82 Å². The number of para-hydroxylation sites is 1. The molecule has 3 N–H and O–H groups in total. The van der Waals surface area contributed by atoms with Gasteiger partial charge in [0.2, 0.25) is 0 Å². The minimum absolute atomic E-state index is 0.0495. The molecule has 0 spiro atoms. The van der Waals surface area contributed by atoms with Gasteiger partial charge < -0.3 is 10.4 Å². The monoisotopic (exact) mass is 259 g/mol. The van der Waals surface area contributed by atoms with Crippen molar-refractivity contribution in [1.82, 2.24) is 10.2 Å². The number of phenolic OH excluding ortho intramolecular Hbond substituents is 1. The van der Waals surface area contributed by atoms with Crippen LogP contribution < -0.4 is 5.32 Å². The third-order valence-electron chi connectivity index (χ3n) is 2.78. The van der Waals surface area contributed by atoms with Crippen molar-refractivity contribution in [3.8, 4) is 5.75 Å². The molecule has 1 aromatic heterocycles. The van der Waals surface area contributed by atoms with Crippen LogP contribution in [0.4, 0.5) is 5.82 Å². The largest absolute Gasteiger partial charge is 0.507 e. The molecule has 0 bridgehead atoms. The predicted octanol–water partition coefficient (Wildman–Crippen LogP) is 2.67. The van der Waals surface area contributed by atoms with Gasteiger partial charge in [0.1, 0.15) is 5.75 Å². The van der Waals surface area contributed by atoms with E-state index >= 15 is 0 Å². The van der Waals surface area contributed by atoms with Crippen LogP contribution in [0, 0.1) is 0 Å². The number of carbonyl (C=O) groups is 1. The highest BCUT2D eigenvalue weighted by Gasteiger charge is 2.18. The number of rotatable bonds is 2. The van der Waals surface area contributed by atoms with Crippen LogP contribution >= 0.6 is 0 Å². The molecule has 1 amide bonds. The van der Waals surface area contributed by atoms with E-state index in [1.807, 2.05) is 0 Å². The van der Waals surface area contributed by atoms with Gasteiger partial charge in [0, 0.05) is 17.2 Å². The highest BCUT2D eigenvalue weighted by atomic mass is 16.3. The van der Waals surface area contributed by atoms with Gasteiger partial charge in [0.05, 0.1) is 5.56 Å². The first-order valence-corrected chi connectivity index (χ1v) is 6.03. The molecule has 0 radical (unpaired) electrons. The lowest BCUT2D eigenvalue weighted by Crippen LogP contribution is -2.12. The zero-order chi connectivity index (χ0) is 14.0. The number of H-pyrrole nitrogens is 1. The van der Waals surface area contributed by atoms with E-state index in [1.54, 1.807) is 24.3 Å². The number of nitrogens with one attached hydrogen (secondary N) is 2. The Labute approximate surface area is 111 Å². The zero-order valence-corrected chi connectivity index (χ0v) is 11.2. The van der Waals surface area contributed by atoms with Crippen LogP contribution in [0.2, 0.25) is 0 Å². The van der Waals surface area contributed by atoms with E-state index in [1.165, 1.54) is 6.07 Å². The summed E-state index contributed by atoms with van der Waals surface area (Å²) in [4.78, 5) is 12.0. The molecule has 19 heavy (non-hydrogen) atoms. The first-order valence-electron chi connectivity index (χ1n) is 6.03. The Morgan fingerprint density at radius 3 is 2.58 bits per heavy atom. The molecule has 2 aromatic rings. The summed E-state index contributed by atoms with van der Waals surface area (Å²) in [5.41, 5.74) is 1.09. The summed E-state index contributed by atoms with van der Waals surface area (Å²) >= 11 is 0. The van der Waals surface area contributed by atoms with Gasteiger partial charge in [-0.2, -0.15) is 5.10 Å². The number of phenols is 1. The van der Waals surface area contributed by atoms with Crippen LogP contribution in [-0.4, -0.2) is 21.2 Å². The molecule has 0 atom stereocenters. The summed E-state index contributed by atoms with van der Waals surface area (Å²) in [6.07, 6.45) is 0. The number of hydrogen-bond acceptors (Lipinski definition) is 3. The molecule has 2 rings (SSSR count). The van der Waals surface area contributed by atoms with Gasteiger partial charge in [-0.15, -0.1) is 0 Å². The summed E-state index contributed by atoms with van der Waals surface area (Å²) in [5, 5.41) is 19.2. The first kappa shape index (κ1) is 13.1. The molecule has 0 aliphatic rings. The molecule has 5 heteroatoms. The maximum absolute atomic E-state index is 12.0. The number of hydrogen-bond donors (Lipinski definition) is 3. The summed E-state index contributed by atoms with van der Waals surface area (Å²) in [5.74, 6) is 0.00909. The number of amides is 1. The van der Waals surface area contributed by atoms with Crippen molar-refractivity contribution in [2.45, 2.75) is 26.2 Å². The minimum Gasteiger partial charge on any atom is -0.507 e. The standard InChI is InChI=1S/C14H17N3O2/c1-14(2,3)11-8-12(17-16-11)15-13(19)9-6-4-5-7-10(9)18/h4-8,18H,1-3H3,(H2,15,16,17,19). The van der Waals surface area contributed by atoms with Gasteiger partial charge in [-0.25, -0.2) is 0 Å². The molecule has 100 valence electrons. The first-order chi connectivity index (χ1) is 8.88. The van der Waals surface area contributed by atoms with Gasteiger partial charge in [-0.3, -0.25) is 9.89 Å². The zero-order valence-electron chi connectivity index (χ0n) is 11.2. The molecule has 0 fully saturated rings. The third-order valence-corrected chi connectivity index (χ3v) is 2.78. The topological polar surface area (TPSA) is 78.0 Å². The molecule has 0 saturated heterocycles.